The summed E-state index contributed by atoms with van der Waals surface area (Å²) < 4.78 is 12.0. The van der Waals surface area contributed by atoms with Crippen LogP contribution in [0, 0.1) is 0 Å². The molecule has 1 atom stereocenters. The minimum atomic E-state index is -1.50. The monoisotopic (exact) mass is 677 g/mol. The van der Waals surface area contributed by atoms with Gasteiger partial charge in [0.05, 0.1) is 29.7 Å². The molecule has 48 heavy (non-hydrogen) atoms. The summed E-state index contributed by atoms with van der Waals surface area (Å²) in [6.07, 6.45) is 5.95. The second-order valence-electron chi connectivity index (χ2n) is 11.3. The molecular weight excluding hydrogens is 644 g/mol. The average molecular weight is 678 g/mol. The number of hydrogen-bond donors (Lipinski definition) is 2. The van der Waals surface area contributed by atoms with Crippen molar-refractivity contribution in [1.29, 1.82) is 0 Å². The van der Waals surface area contributed by atoms with E-state index in [-0.39, 0.29) is 100 Å². The van der Waals surface area contributed by atoms with E-state index in [0.29, 0.717) is 17.8 Å². The molecule has 0 aliphatic rings. The molecule has 2 N–H and O–H groups in total. The van der Waals surface area contributed by atoms with Crippen LogP contribution in [0.25, 0.3) is 12.2 Å². The maximum atomic E-state index is 12.9. The number of esters is 1. The number of benzene rings is 1. The topological polar surface area (TPSA) is 221 Å². The molecule has 4 aromatic rings. The number of ether oxygens (including phenoxy) is 2. The number of hydrogen-bond acceptors (Lipinski definition) is 12. The Labute approximate surface area is 319 Å². The number of rotatable bonds is 14. The summed E-state index contributed by atoms with van der Waals surface area (Å²) in [6.45, 7) is 5.55. The maximum Gasteiger partial charge on any atom is 1.00 e. The van der Waals surface area contributed by atoms with Gasteiger partial charge in [-0.1, -0.05) is 56.3 Å². The van der Waals surface area contributed by atoms with Crippen LogP contribution >= 0.6 is 0 Å². The minimum absolute atomic E-state index is 0. The number of aliphatic carboxylic acids is 2. The number of aryl methyl sites for hydroxylation is 1. The van der Waals surface area contributed by atoms with Crippen LogP contribution in [0.5, 0.6) is 5.88 Å². The van der Waals surface area contributed by atoms with Gasteiger partial charge in [-0.15, -0.1) is 5.10 Å². The van der Waals surface area contributed by atoms with E-state index in [1.54, 1.807) is 18.5 Å². The predicted molar refractivity (Wildman–Crippen MR) is 158 cm³/mol. The van der Waals surface area contributed by atoms with Crippen molar-refractivity contribution in [2.75, 3.05) is 6.79 Å². The molecule has 15 nitrogen and oxygen atoms in total. The minimum Gasteiger partial charge on any atom is -0.550 e. The van der Waals surface area contributed by atoms with E-state index in [1.807, 2.05) is 51.1 Å². The van der Waals surface area contributed by atoms with Gasteiger partial charge in [-0.25, -0.2) is 14.6 Å². The summed E-state index contributed by atoms with van der Waals surface area (Å²) in [5.41, 5.74) is 1.84. The smallest absolute Gasteiger partial charge is 0.550 e. The number of carbonyl (C=O) groups is 3. The van der Waals surface area contributed by atoms with Crippen molar-refractivity contribution in [3.8, 4) is 5.88 Å². The molecule has 0 unspecified atom stereocenters. The number of H-pyrrole nitrogens is 2. The molecule has 0 bridgehead atoms. The Morgan fingerprint density at radius 3 is 2.46 bits per heavy atom. The fourth-order valence-corrected chi connectivity index (χ4v) is 4.45. The van der Waals surface area contributed by atoms with Crippen molar-refractivity contribution in [2.45, 2.75) is 64.3 Å². The number of imidazole rings is 1. The molecule has 0 saturated carbocycles. The molecule has 0 aliphatic heterocycles. The predicted octanol–water partition coefficient (Wildman–Crippen LogP) is -7.23. The van der Waals surface area contributed by atoms with Gasteiger partial charge in [0.2, 0.25) is 12.7 Å². The van der Waals surface area contributed by atoms with Gasteiger partial charge in [-0.3, -0.25) is 9.59 Å². The zero-order chi connectivity index (χ0) is 33.3. The zero-order valence-electron chi connectivity index (χ0n) is 27.5. The summed E-state index contributed by atoms with van der Waals surface area (Å²) in [7, 11) is 0. The molecule has 17 heteroatoms. The molecule has 0 radical (unpaired) electrons. The van der Waals surface area contributed by atoms with Crippen molar-refractivity contribution in [2.24, 2.45) is 0 Å². The van der Waals surface area contributed by atoms with Crippen molar-refractivity contribution in [1.82, 2.24) is 34.9 Å². The maximum absolute atomic E-state index is 12.9. The Morgan fingerprint density at radius 1 is 1.06 bits per heavy atom. The van der Waals surface area contributed by atoms with Crippen molar-refractivity contribution >= 4 is 30.1 Å². The van der Waals surface area contributed by atoms with Crippen LogP contribution in [0.15, 0.2) is 47.7 Å². The number of carboxylic acids is 2. The fourth-order valence-electron chi connectivity index (χ4n) is 4.45. The second kappa shape index (κ2) is 18.8. The number of aromatic nitrogens is 7. The molecule has 0 fully saturated rings. The van der Waals surface area contributed by atoms with E-state index in [0.717, 1.165) is 15.9 Å². The largest absolute Gasteiger partial charge is 1.00 e. The quantitative estimate of drug-likeness (QED) is 0.0722. The van der Waals surface area contributed by atoms with Gasteiger partial charge in [-0.05, 0) is 43.4 Å². The Balaban J connectivity index is 0.00000400. The zero-order valence-corrected chi connectivity index (χ0v) is 31.5. The third kappa shape index (κ3) is 11.8. The van der Waals surface area contributed by atoms with Crippen LogP contribution in [-0.2, 0) is 31.0 Å². The van der Waals surface area contributed by atoms with Crippen LogP contribution in [-0.4, -0.2) is 59.6 Å². The van der Waals surface area contributed by atoms with Gasteiger partial charge in [0.15, 0.2) is 0 Å². The number of aromatic amines is 2. The Hall–Kier alpha value is -3.60. The van der Waals surface area contributed by atoms with Gasteiger partial charge < -0.3 is 39.2 Å². The molecule has 0 aliphatic carbocycles. The first-order chi connectivity index (χ1) is 21.9. The SMILES string of the molecule is CC(C)(C)c1[nH]cnc1/C=c1\[nH]c(=O)/c(=C/c2ccccc2)nc1OCOC(=O)CCCc1cn([C@@H](CCC(=O)[O-])C(=O)[O-])nn1.[Na+].[Na+]. The molecule has 4 rings (SSSR count). The van der Waals surface area contributed by atoms with Crippen LogP contribution in [0.1, 0.15) is 75.1 Å². The Bertz CT molecular complexity index is 1870. The third-order valence-corrected chi connectivity index (χ3v) is 6.74. The molecule has 0 amide bonds. The van der Waals surface area contributed by atoms with Crippen LogP contribution < -0.4 is 90.3 Å². The van der Waals surface area contributed by atoms with Gasteiger partial charge in [0, 0.05) is 29.7 Å². The Morgan fingerprint density at radius 2 is 1.79 bits per heavy atom. The molecule has 3 heterocycles. The summed E-state index contributed by atoms with van der Waals surface area (Å²) in [6, 6.07) is 7.84. The number of nitrogens with zero attached hydrogens (tertiary/aromatic N) is 5. The van der Waals surface area contributed by atoms with E-state index in [1.165, 1.54) is 6.20 Å². The summed E-state index contributed by atoms with van der Waals surface area (Å²) in [5.74, 6) is -3.45. The first-order valence-corrected chi connectivity index (χ1v) is 14.4. The van der Waals surface area contributed by atoms with Crippen molar-refractivity contribution in [3.63, 3.8) is 0 Å². The summed E-state index contributed by atoms with van der Waals surface area (Å²) in [4.78, 5) is 62.2. The second-order valence-corrected chi connectivity index (χ2v) is 11.3. The normalized spacial score (nSPS) is 12.5. The van der Waals surface area contributed by atoms with Gasteiger partial charge in [0.25, 0.3) is 5.56 Å². The van der Waals surface area contributed by atoms with Gasteiger partial charge in [-0.2, -0.15) is 0 Å². The van der Waals surface area contributed by atoms with Crippen LogP contribution in [0.2, 0.25) is 0 Å². The van der Waals surface area contributed by atoms with Crippen LogP contribution in [0.3, 0.4) is 0 Å². The molecule has 1 aromatic carbocycles. The molecule has 242 valence electrons. The van der Waals surface area contributed by atoms with Gasteiger partial charge in [0.1, 0.15) is 10.7 Å². The van der Waals surface area contributed by atoms with E-state index < -0.39 is 42.7 Å². The molecule has 3 aromatic heterocycles. The van der Waals surface area contributed by atoms with Crippen LogP contribution in [0.4, 0.5) is 0 Å². The molecule has 0 saturated heterocycles. The summed E-state index contributed by atoms with van der Waals surface area (Å²) >= 11 is 0. The van der Waals surface area contributed by atoms with Crippen molar-refractivity contribution < 1.29 is 93.2 Å². The first kappa shape index (κ1) is 40.6. The average Bonchev–Trinajstić information content (AvgIpc) is 3.66. The number of carboxylic acid groups (broad SMARTS) is 2. The fraction of sp³-hybridized carbons (Fsp3) is 0.355. The number of nitrogens with one attached hydrogen (secondary N) is 2. The van der Waals surface area contributed by atoms with E-state index in [2.05, 4.69) is 30.2 Å². The standard InChI is InChI=1S/C31H35N7O8.2Na/c1-31(2,3)27-21(32-17-33-27)15-23-29(35-22(28(42)34-23)14-19-8-5-4-6-9-19)46-18-45-26(41)11-7-10-20-16-38(37-36-20)24(30(43)44)12-13-25(39)40;;/h4-6,8-9,14-17,24H,7,10-13,18H2,1-3H3,(H,32,33)(H,34,42)(H,39,40)(H,43,44);;/q;2*+1/p-2/b22-14-,23-15-;;/t24-;;/m0../s1. The van der Waals surface area contributed by atoms with E-state index >= 15 is 0 Å². The van der Waals surface area contributed by atoms with Crippen molar-refractivity contribution in [3.05, 3.63) is 86.6 Å². The van der Waals surface area contributed by atoms with Gasteiger partial charge >= 0.3 is 65.1 Å². The first-order valence-electron chi connectivity index (χ1n) is 14.4. The van der Waals surface area contributed by atoms with E-state index in [4.69, 9.17) is 9.47 Å². The number of carbonyl (C=O) groups excluding carboxylic acids is 3. The van der Waals surface area contributed by atoms with E-state index in [9.17, 15) is 29.4 Å². The molecular formula is C31H33N7Na2O8. The molecule has 0 spiro atoms. The summed E-state index contributed by atoms with van der Waals surface area (Å²) in [5, 5.41) is 30.0. The third-order valence-electron chi connectivity index (χ3n) is 6.74. The Kier molecular flexibility index (Phi) is 15.9.